The molecular formula is C26H42N4O6S. The second kappa shape index (κ2) is 12.8. The summed E-state index contributed by atoms with van der Waals surface area (Å²) in [5, 5.41) is 13.7. The maximum atomic E-state index is 13.7. The molecule has 1 fully saturated rings. The van der Waals surface area contributed by atoms with Crippen LogP contribution in [-0.2, 0) is 30.6 Å². The molecule has 0 bridgehead atoms. The topological polar surface area (TPSA) is 150 Å². The number of hydrogen-bond acceptors (Lipinski definition) is 7. The fourth-order valence-electron chi connectivity index (χ4n) is 5.44. The highest BCUT2D eigenvalue weighted by molar-refractivity contribution is 7.91. The van der Waals surface area contributed by atoms with Crippen LogP contribution in [0.5, 0.6) is 0 Å². The number of amides is 3. The van der Waals surface area contributed by atoms with E-state index in [1.54, 1.807) is 0 Å². The van der Waals surface area contributed by atoms with Crippen molar-refractivity contribution in [3.8, 4) is 0 Å². The SMILES string of the molecule is C[C@H](N(O)C=O)C(CCCc1ccccc1)(C(N)=O)[C@@H](C(=O)NCCN1CCS(=O)(=O)CC1)C(C)(C)C. The molecule has 1 heterocycles. The maximum Gasteiger partial charge on any atom is 0.233 e. The third kappa shape index (κ3) is 7.99. The van der Waals surface area contributed by atoms with Gasteiger partial charge in [0.1, 0.15) is 0 Å². The first-order chi connectivity index (χ1) is 17.2. The summed E-state index contributed by atoms with van der Waals surface area (Å²) in [5.41, 5.74) is 4.78. The summed E-state index contributed by atoms with van der Waals surface area (Å²) in [6, 6.07) is 8.64. The number of aryl methyl sites for hydroxylation is 1. The monoisotopic (exact) mass is 538 g/mol. The van der Waals surface area contributed by atoms with Gasteiger partial charge in [0, 0.05) is 26.2 Å². The molecule has 1 aromatic rings. The van der Waals surface area contributed by atoms with Crippen molar-refractivity contribution in [3.05, 3.63) is 35.9 Å². The number of nitrogens with two attached hydrogens (primary N) is 1. The smallest absolute Gasteiger partial charge is 0.233 e. The van der Waals surface area contributed by atoms with E-state index in [2.05, 4.69) is 5.32 Å². The van der Waals surface area contributed by atoms with Gasteiger partial charge in [-0.05, 0) is 37.2 Å². The van der Waals surface area contributed by atoms with E-state index in [1.165, 1.54) is 6.92 Å². The fraction of sp³-hybridized carbons (Fsp3) is 0.654. The number of carbonyl (C=O) groups is 3. The van der Waals surface area contributed by atoms with Crippen molar-refractivity contribution in [3.63, 3.8) is 0 Å². The fourth-order valence-corrected chi connectivity index (χ4v) is 6.71. The van der Waals surface area contributed by atoms with Gasteiger partial charge < -0.3 is 11.1 Å². The van der Waals surface area contributed by atoms with Crippen molar-refractivity contribution in [1.29, 1.82) is 0 Å². The first-order valence-electron chi connectivity index (χ1n) is 12.7. The summed E-state index contributed by atoms with van der Waals surface area (Å²) in [4.78, 5) is 40.4. The van der Waals surface area contributed by atoms with E-state index < -0.39 is 44.4 Å². The van der Waals surface area contributed by atoms with Gasteiger partial charge in [0.15, 0.2) is 9.84 Å². The van der Waals surface area contributed by atoms with E-state index >= 15 is 0 Å². The average molecular weight is 539 g/mol. The lowest BCUT2D eigenvalue weighted by molar-refractivity contribution is -0.187. The van der Waals surface area contributed by atoms with Crippen LogP contribution in [0.25, 0.3) is 0 Å². The molecule has 3 amide bonds. The Kier molecular flexibility index (Phi) is 10.7. The number of benzene rings is 1. The van der Waals surface area contributed by atoms with Crippen LogP contribution in [0.1, 0.15) is 46.1 Å². The summed E-state index contributed by atoms with van der Waals surface area (Å²) in [5.74, 6) is -1.94. The first-order valence-corrected chi connectivity index (χ1v) is 14.5. The predicted molar refractivity (Wildman–Crippen MR) is 141 cm³/mol. The summed E-state index contributed by atoms with van der Waals surface area (Å²) < 4.78 is 23.4. The Bertz CT molecular complexity index is 1010. The highest BCUT2D eigenvalue weighted by Crippen LogP contribution is 2.47. The molecule has 1 aliphatic rings. The molecule has 37 heavy (non-hydrogen) atoms. The summed E-state index contributed by atoms with van der Waals surface area (Å²) >= 11 is 0. The van der Waals surface area contributed by atoms with Crippen molar-refractivity contribution in [2.45, 2.75) is 53.0 Å². The minimum absolute atomic E-state index is 0.0906. The van der Waals surface area contributed by atoms with Crippen LogP contribution in [0, 0.1) is 16.7 Å². The van der Waals surface area contributed by atoms with Crippen LogP contribution in [0.4, 0.5) is 0 Å². The van der Waals surface area contributed by atoms with Crippen molar-refractivity contribution in [2.75, 3.05) is 37.7 Å². The van der Waals surface area contributed by atoms with E-state index in [1.807, 2.05) is 56.0 Å². The van der Waals surface area contributed by atoms with Crippen molar-refractivity contribution in [2.24, 2.45) is 22.5 Å². The van der Waals surface area contributed by atoms with Gasteiger partial charge >= 0.3 is 0 Å². The van der Waals surface area contributed by atoms with Gasteiger partial charge in [0.2, 0.25) is 18.2 Å². The minimum Gasteiger partial charge on any atom is -0.369 e. The second-order valence-corrected chi connectivity index (χ2v) is 13.3. The molecule has 0 saturated carbocycles. The summed E-state index contributed by atoms with van der Waals surface area (Å²) in [7, 11) is -3.01. The maximum absolute atomic E-state index is 13.7. The van der Waals surface area contributed by atoms with Crippen molar-refractivity contribution in [1.82, 2.24) is 15.3 Å². The number of nitrogens with one attached hydrogen (secondary N) is 1. The molecule has 4 N–H and O–H groups in total. The molecule has 11 heteroatoms. The summed E-state index contributed by atoms with van der Waals surface area (Å²) in [6.07, 6.45) is 1.54. The Morgan fingerprint density at radius 2 is 1.78 bits per heavy atom. The number of sulfone groups is 1. The Morgan fingerprint density at radius 3 is 2.30 bits per heavy atom. The van der Waals surface area contributed by atoms with Gasteiger partial charge in [-0.2, -0.15) is 0 Å². The molecule has 1 unspecified atom stereocenters. The highest BCUT2D eigenvalue weighted by atomic mass is 32.2. The van der Waals surface area contributed by atoms with E-state index in [-0.39, 0.29) is 30.9 Å². The molecule has 208 valence electrons. The highest BCUT2D eigenvalue weighted by Gasteiger charge is 2.57. The van der Waals surface area contributed by atoms with E-state index in [4.69, 9.17) is 5.73 Å². The number of carbonyl (C=O) groups excluding carboxylic acids is 3. The number of nitrogens with zero attached hydrogens (tertiary/aromatic N) is 2. The lowest BCUT2D eigenvalue weighted by Gasteiger charge is -2.48. The van der Waals surface area contributed by atoms with Gasteiger partial charge in [0.05, 0.1) is 28.9 Å². The van der Waals surface area contributed by atoms with Gasteiger partial charge in [-0.15, -0.1) is 0 Å². The lowest BCUT2D eigenvalue weighted by Crippen LogP contribution is -2.62. The Balaban J connectivity index is 2.30. The Morgan fingerprint density at radius 1 is 1.19 bits per heavy atom. The normalized spacial score (nSPS) is 19.3. The predicted octanol–water partition coefficient (Wildman–Crippen LogP) is 1.23. The first kappa shape index (κ1) is 30.7. The molecule has 10 nitrogen and oxygen atoms in total. The van der Waals surface area contributed by atoms with Crippen LogP contribution < -0.4 is 11.1 Å². The zero-order chi connectivity index (χ0) is 27.9. The number of rotatable bonds is 13. The summed E-state index contributed by atoms with van der Waals surface area (Å²) in [6.45, 7) is 8.55. The number of primary amides is 1. The van der Waals surface area contributed by atoms with Gasteiger partial charge in [0.25, 0.3) is 0 Å². The molecule has 0 aliphatic carbocycles. The lowest BCUT2D eigenvalue weighted by atomic mass is 9.57. The third-order valence-electron chi connectivity index (χ3n) is 7.42. The average Bonchev–Trinajstić information content (AvgIpc) is 2.83. The molecule has 1 aliphatic heterocycles. The number of hydroxylamine groups is 2. The minimum atomic E-state index is -3.01. The van der Waals surface area contributed by atoms with Gasteiger partial charge in [-0.1, -0.05) is 51.1 Å². The zero-order valence-electron chi connectivity index (χ0n) is 22.4. The molecular weight excluding hydrogens is 496 g/mol. The van der Waals surface area contributed by atoms with Gasteiger partial charge in [-0.25, -0.2) is 13.5 Å². The second-order valence-electron chi connectivity index (χ2n) is 11.0. The molecule has 0 spiro atoms. The Labute approximate surface area is 220 Å². The van der Waals surface area contributed by atoms with Gasteiger partial charge in [-0.3, -0.25) is 24.5 Å². The van der Waals surface area contributed by atoms with Crippen LogP contribution in [0.3, 0.4) is 0 Å². The molecule has 1 saturated heterocycles. The quantitative estimate of drug-likeness (QED) is 0.194. The van der Waals surface area contributed by atoms with Crippen LogP contribution in [0.2, 0.25) is 0 Å². The largest absolute Gasteiger partial charge is 0.369 e. The van der Waals surface area contributed by atoms with Crippen LogP contribution in [0.15, 0.2) is 30.3 Å². The molecule has 0 aromatic heterocycles. The molecule has 2 rings (SSSR count). The molecule has 0 radical (unpaired) electrons. The van der Waals surface area contributed by atoms with E-state index in [0.29, 0.717) is 37.5 Å². The van der Waals surface area contributed by atoms with Crippen molar-refractivity contribution >= 4 is 28.1 Å². The van der Waals surface area contributed by atoms with Crippen LogP contribution >= 0.6 is 0 Å². The van der Waals surface area contributed by atoms with E-state index in [9.17, 15) is 28.0 Å². The van der Waals surface area contributed by atoms with Crippen molar-refractivity contribution < 1.29 is 28.0 Å². The third-order valence-corrected chi connectivity index (χ3v) is 9.02. The standard InChI is InChI=1S/C26H42N4O6S/c1-20(30(34)19-31)26(24(27)33,12-8-11-21-9-6-5-7-10-21)22(25(2,3)4)23(32)28-13-14-29-15-17-37(35,36)18-16-29/h5-7,9-10,19-20,22,34H,8,11-18H2,1-4H3,(H2,27,33)(H,28,32)/t20-,22-,26?/m0/s1. The molecule has 1 aromatic carbocycles. The van der Waals surface area contributed by atoms with Crippen LogP contribution in [-0.4, -0.2) is 85.5 Å². The van der Waals surface area contributed by atoms with E-state index in [0.717, 1.165) is 5.56 Å². The zero-order valence-corrected chi connectivity index (χ0v) is 23.2. The molecule has 3 atom stereocenters. The Hall–Kier alpha value is -2.50. The number of hydrogen-bond donors (Lipinski definition) is 3.